The average Bonchev–Trinajstić information content (AvgIpc) is 2.55. The minimum absolute atomic E-state index is 0.0940. The summed E-state index contributed by atoms with van der Waals surface area (Å²) in [5.74, 6) is -0.0508. The number of rotatable bonds is 3. The van der Waals surface area contributed by atoms with Crippen molar-refractivity contribution < 1.29 is 13.2 Å². The Hall–Kier alpha value is -0.780. The van der Waals surface area contributed by atoms with Crippen molar-refractivity contribution in [3.63, 3.8) is 0 Å². The lowest BCUT2D eigenvalue weighted by Gasteiger charge is -2.09. The van der Waals surface area contributed by atoms with E-state index in [1.54, 1.807) is 18.2 Å². The lowest BCUT2D eigenvalue weighted by Crippen LogP contribution is -2.17. The number of anilines is 1. The number of carbonyl (C=O) groups is 1. The molecule has 0 bridgehead atoms. The van der Waals surface area contributed by atoms with Crippen LogP contribution < -0.4 is 5.32 Å². The Bertz CT molecular complexity index is 581. The molecule has 19 heavy (non-hydrogen) atoms. The number of halogens is 2. The van der Waals surface area contributed by atoms with Crippen molar-refractivity contribution in [2.24, 2.45) is 5.92 Å². The van der Waals surface area contributed by atoms with Gasteiger partial charge >= 0.3 is 0 Å². The molecular formula is C12H13Cl2NO3S. The van der Waals surface area contributed by atoms with Crippen molar-refractivity contribution in [1.82, 2.24) is 0 Å². The molecule has 0 saturated carbocycles. The van der Waals surface area contributed by atoms with Crippen molar-refractivity contribution in [2.45, 2.75) is 12.8 Å². The third-order valence-corrected chi connectivity index (χ3v) is 5.22. The maximum atomic E-state index is 11.8. The zero-order valence-corrected chi connectivity index (χ0v) is 12.4. The summed E-state index contributed by atoms with van der Waals surface area (Å²) < 4.78 is 22.6. The van der Waals surface area contributed by atoms with Crippen molar-refractivity contribution in [3.8, 4) is 0 Å². The van der Waals surface area contributed by atoms with Crippen LogP contribution in [-0.2, 0) is 14.6 Å². The van der Waals surface area contributed by atoms with Crippen molar-refractivity contribution in [1.29, 1.82) is 0 Å². The summed E-state index contributed by atoms with van der Waals surface area (Å²) in [7, 11) is -2.95. The van der Waals surface area contributed by atoms with Crippen LogP contribution in [0.25, 0.3) is 0 Å². The molecule has 1 aliphatic rings. The fourth-order valence-corrected chi connectivity index (χ4v) is 4.52. The van der Waals surface area contributed by atoms with E-state index < -0.39 is 9.84 Å². The molecule has 1 aromatic rings. The van der Waals surface area contributed by atoms with Crippen molar-refractivity contribution >= 4 is 44.6 Å². The Morgan fingerprint density at radius 2 is 1.89 bits per heavy atom. The van der Waals surface area contributed by atoms with Gasteiger partial charge in [-0.05, 0) is 30.5 Å². The number of benzene rings is 1. The molecule has 0 spiro atoms. The Balaban J connectivity index is 1.95. The Morgan fingerprint density at radius 1 is 1.26 bits per heavy atom. The summed E-state index contributed by atoms with van der Waals surface area (Å²) in [4.78, 5) is 11.8. The van der Waals surface area contributed by atoms with E-state index >= 15 is 0 Å². The molecule has 1 amide bonds. The van der Waals surface area contributed by atoms with Crippen LogP contribution in [0.4, 0.5) is 5.69 Å². The van der Waals surface area contributed by atoms with Crippen LogP contribution >= 0.6 is 23.2 Å². The Morgan fingerprint density at radius 3 is 2.42 bits per heavy atom. The van der Waals surface area contributed by atoms with Gasteiger partial charge < -0.3 is 5.32 Å². The van der Waals surface area contributed by atoms with Gasteiger partial charge in [0.25, 0.3) is 0 Å². The zero-order chi connectivity index (χ0) is 14.0. The first-order valence-electron chi connectivity index (χ1n) is 5.80. The third-order valence-electron chi connectivity index (χ3n) is 2.95. The normalized spacial score (nSPS) is 21.3. The minimum Gasteiger partial charge on any atom is -0.326 e. The second-order valence-corrected chi connectivity index (χ2v) is 7.78. The number of amides is 1. The molecule has 1 aliphatic heterocycles. The first-order valence-corrected chi connectivity index (χ1v) is 8.38. The number of nitrogens with one attached hydrogen (secondary N) is 1. The van der Waals surface area contributed by atoms with E-state index in [-0.39, 0.29) is 29.8 Å². The maximum Gasteiger partial charge on any atom is 0.224 e. The summed E-state index contributed by atoms with van der Waals surface area (Å²) in [6, 6.07) is 4.76. The van der Waals surface area contributed by atoms with Gasteiger partial charge in [-0.3, -0.25) is 4.79 Å². The number of carbonyl (C=O) groups excluding carboxylic acids is 1. The summed E-state index contributed by atoms with van der Waals surface area (Å²) in [5.41, 5.74) is 0.517. The number of sulfone groups is 1. The predicted molar refractivity (Wildman–Crippen MR) is 76.5 cm³/mol. The highest BCUT2D eigenvalue weighted by Gasteiger charge is 2.29. The van der Waals surface area contributed by atoms with E-state index in [2.05, 4.69) is 5.32 Å². The smallest absolute Gasteiger partial charge is 0.224 e. The standard InChI is InChI=1S/C12H13Cl2NO3S/c13-9-4-10(14)6-11(5-9)15-12(16)3-8-1-2-19(17,18)7-8/h4-6,8H,1-3,7H2,(H,15,16). The quantitative estimate of drug-likeness (QED) is 0.931. The van der Waals surface area contributed by atoms with Crippen LogP contribution in [0.5, 0.6) is 0 Å². The summed E-state index contributed by atoms with van der Waals surface area (Å²) in [5, 5.41) is 3.55. The van der Waals surface area contributed by atoms with Crippen molar-refractivity contribution in [2.75, 3.05) is 16.8 Å². The second kappa shape index (κ2) is 5.69. The lowest BCUT2D eigenvalue weighted by molar-refractivity contribution is -0.116. The van der Waals surface area contributed by atoms with Crippen LogP contribution in [0.1, 0.15) is 12.8 Å². The van der Waals surface area contributed by atoms with Crippen LogP contribution in [-0.4, -0.2) is 25.8 Å². The van der Waals surface area contributed by atoms with E-state index in [9.17, 15) is 13.2 Å². The number of hydrogen-bond donors (Lipinski definition) is 1. The van der Waals surface area contributed by atoms with Gasteiger partial charge in [0, 0.05) is 22.2 Å². The summed E-state index contributed by atoms with van der Waals surface area (Å²) in [6.45, 7) is 0. The fourth-order valence-electron chi connectivity index (χ4n) is 2.13. The van der Waals surface area contributed by atoms with E-state index in [0.717, 1.165) is 0 Å². The number of hydrogen-bond acceptors (Lipinski definition) is 3. The molecule has 1 fully saturated rings. The van der Waals surface area contributed by atoms with Gasteiger partial charge in [-0.25, -0.2) is 8.42 Å². The van der Waals surface area contributed by atoms with Crippen LogP contribution in [0.15, 0.2) is 18.2 Å². The Kier molecular flexibility index (Phi) is 4.38. The molecule has 1 atom stereocenters. The van der Waals surface area contributed by atoms with Crippen molar-refractivity contribution in [3.05, 3.63) is 28.2 Å². The van der Waals surface area contributed by atoms with Gasteiger partial charge in [0.05, 0.1) is 11.5 Å². The lowest BCUT2D eigenvalue weighted by atomic mass is 10.1. The van der Waals surface area contributed by atoms with Gasteiger partial charge in [0.2, 0.25) is 5.91 Å². The first kappa shape index (κ1) is 14.6. The molecule has 0 radical (unpaired) electrons. The van der Waals surface area contributed by atoms with E-state index in [1.165, 1.54) is 0 Å². The summed E-state index contributed by atoms with van der Waals surface area (Å²) in [6.07, 6.45) is 0.745. The molecule has 1 aromatic carbocycles. The van der Waals surface area contributed by atoms with Gasteiger partial charge in [-0.1, -0.05) is 23.2 Å². The Labute approximate surface area is 122 Å². The largest absolute Gasteiger partial charge is 0.326 e. The third kappa shape index (κ3) is 4.37. The predicted octanol–water partition coefficient (Wildman–Crippen LogP) is 2.76. The highest BCUT2D eigenvalue weighted by atomic mass is 35.5. The SMILES string of the molecule is O=C(CC1CCS(=O)(=O)C1)Nc1cc(Cl)cc(Cl)c1. The molecular weight excluding hydrogens is 309 g/mol. The summed E-state index contributed by atoms with van der Waals surface area (Å²) >= 11 is 11.7. The van der Waals surface area contributed by atoms with E-state index in [1.807, 2.05) is 0 Å². The zero-order valence-electron chi connectivity index (χ0n) is 10.0. The van der Waals surface area contributed by atoms with Gasteiger partial charge in [-0.15, -0.1) is 0 Å². The average molecular weight is 322 g/mol. The molecule has 1 heterocycles. The molecule has 4 nitrogen and oxygen atoms in total. The highest BCUT2D eigenvalue weighted by Crippen LogP contribution is 2.24. The van der Waals surface area contributed by atoms with Crippen LogP contribution in [0.2, 0.25) is 10.0 Å². The second-order valence-electron chi connectivity index (χ2n) is 4.68. The first-order chi connectivity index (χ1) is 8.84. The molecule has 0 aliphatic carbocycles. The molecule has 1 N–H and O–H groups in total. The molecule has 1 unspecified atom stereocenters. The van der Waals surface area contributed by atoms with Gasteiger partial charge in [-0.2, -0.15) is 0 Å². The molecule has 2 rings (SSSR count). The fraction of sp³-hybridized carbons (Fsp3) is 0.417. The molecule has 1 saturated heterocycles. The minimum atomic E-state index is -2.95. The van der Waals surface area contributed by atoms with Crippen LogP contribution in [0.3, 0.4) is 0 Å². The molecule has 0 aromatic heterocycles. The topological polar surface area (TPSA) is 63.2 Å². The highest BCUT2D eigenvalue weighted by molar-refractivity contribution is 7.91. The maximum absolute atomic E-state index is 11.8. The van der Waals surface area contributed by atoms with E-state index in [4.69, 9.17) is 23.2 Å². The molecule has 104 valence electrons. The van der Waals surface area contributed by atoms with Gasteiger partial charge in [0.15, 0.2) is 9.84 Å². The van der Waals surface area contributed by atoms with E-state index in [0.29, 0.717) is 22.2 Å². The van der Waals surface area contributed by atoms with Gasteiger partial charge in [0.1, 0.15) is 0 Å². The van der Waals surface area contributed by atoms with Crippen LogP contribution in [0, 0.1) is 5.92 Å². The molecule has 7 heteroatoms. The monoisotopic (exact) mass is 321 g/mol.